The molecule has 1 heterocycles. The van der Waals surface area contributed by atoms with Crippen LogP contribution in [0, 0.1) is 0 Å². The Hall–Kier alpha value is 0.390. The van der Waals surface area contributed by atoms with Crippen LogP contribution in [0.2, 0.25) is 10.6 Å². The second-order valence-corrected chi connectivity index (χ2v) is 1.83. The molecule has 0 unspecified atom stereocenters. The summed E-state index contributed by atoms with van der Waals surface area (Å²) in [6, 6.07) is -0.722. The van der Waals surface area contributed by atoms with E-state index >= 15 is 0 Å². The van der Waals surface area contributed by atoms with E-state index in [4.69, 9.17) is 23.2 Å². The third kappa shape index (κ3) is 2.98. The Bertz CT molecular complexity index is 183. The van der Waals surface area contributed by atoms with Gasteiger partial charge in [-0.1, -0.05) is 0 Å². The van der Waals surface area contributed by atoms with Crippen LogP contribution in [-0.2, 0) is 0 Å². The van der Waals surface area contributed by atoms with Crippen LogP contribution >= 0.6 is 23.2 Å². The topological polar surface area (TPSA) is 61.7 Å². The van der Waals surface area contributed by atoms with E-state index in [9.17, 15) is 5.11 Å². The van der Waals surface area contributed by atoms with Gasteiger partial charge in [0.05, 0.1) is 6.01 Å². The predicted octanol–water partition coefficient (Wildman–Crippen LogP) is -2.74. The van der Waals surface area contributed by atoms with Crippen LogP contribution in [0.15, 0.2) is 0 Å². The number of aromatic nitrogens is 3. The van der Waals surface area contributed by atoms with Gasteiger partial charge in [-0.05, 0) is 23.2 Å². The molecule has 0 spiro atoms. The molecule has 0 aromatic carbocycles. The van der Waals surface area contributed by atoms with Crippen molar-refractivity contribution in [1.29, 1.82) is 0 Å². The second kappa shape index (κ2) is 4.31. The summed E-state index contributed by atoms with van der Waals surface area (Å²) < 4.78 is 0. The smallest absolute Gasteiger partial charge is 0.844 e. The molecule has 1 aromatic heterocycles. The summed E-state index contributed by atoms with van der Waals surface area (Å²) in [7, 11) is 0. The van der Waals surface area contributed by atoms with Crippen LogP contribution in [-0.4, -0.2) is 15.0 Å². The number of halogens is 2. The quantitative estimate of drug-likeness (QED) is 0.414. The Morgan fingerprint density at radius 2 is 1.40 bits per heavy atom. The number of hydrogen-bond acceptors (Lipinski definition) is 4. The summed E-state index contributed by atoms with van der Waals surface area (Å²) in [5.41, 5.74) is 0. The van der Waals surface area contributed by atoms with Crippen LogP contribution in [0.3, 0.4) is 0 Å². The van der Waals surface area contributed by atoms with Crippen molar-refractivity contribution in [2.75, 3.05) is 0 Å². The van der Waals surface area contributed by atoms with E-state index in [-0.39, 0.29) is 40.1 Å². The van der Waals surface area contributed by atoms with Crippen LogP contribution < -0.4 is 34.7 Å². The first-order chi connectivity index (χ1) is 4.18. The maximum Gasteiger partial charge on any atom is 1.00 e. The SMILES string of the molecule is [Na+].[O-]c1nc(Cl)nc(Cl)n1. The molecule has 1 rings (SSSR count). The van der Waals surface area contributed by atoms with Gasteiger partial charge in [0.1, 0.15) is 0 Å². The van der Waals surface area contributed by atoms with Gasteiger partial charge in [0, 0.05) is 0 Å². The fraction of sp³-hybridized carbons (Fsp3) is 0. The van der Waals surface area contributed by atoms with Gasteiger partial charge in [-0.25, -0.2) is 9.97 Å². The van der Waals surface area contributed by atoms with Gasteiger partial charge in [-0.2, -0.15) is 4.98 Å². The predicted molar refractivity (Wildman–Crippen MR) is 29.3 cm³/mol. The Morgan fingerprint density at radius 3 is 1.70 bits per heavy atom. The molecule has 0 aliphatic rings. The maximum atomic E-state index is 10.3. The van der Waals surface area contributed by atoms with Crippen molar-refractivity contribution in [1.82, 2.24) is 15.0 Å². The van der Waals surface area contributed by atoms with Crippen molar-refractivity contribution < 1.29 is 34.7 Å². The van der Waals surface area contributed by atoms with E-state index in [2.05, 4.69) is 15.0 Å². The summed E-state index contributed by atoms with van der Waals surface area (Å²) >= 11 is 10.4. The van der Waals surface area contributed by atoms with Gasteiger partial charge in [0.15, 0.2) is 0 Å². The molecule has 0 amide bonds. The van der Waals surface area contributed by atoms with E-state index < -0.39 is 6.01 Å². The third-order valence-electron chi connectivity index (χ3n) is 0.560. The van der Waals surface area contributed by atoms with E-state index in [1.54, 1.807) is 0 Å². The zero-order valence-electron chi connectivity index (χ0n) is 5.01. The second-order valence-electron chi connectivity index (χ2n) is 1.16. The molecular weight excluding hydrogens is 188 g/mol. The molecule has 0 aliphatic heterocycles. The summed E-state index contributed by atoms with van der Waals surface area (Å²) in [5, 5.41) is 9.92. The van der Waals surface area contributed by atoms with E-state index in [1.165, 1.54) is 0 Å². The van der Waals surface area contributed by atoms with Gasteiger partial charge in [-0.15, -0.1) is 0 Å². The first-order valence-corrected chi connectivity index (χ1v) is 2.68. The minimum Gasteiger partial charge on any atom is -0.844 e. The van der Waals surface area contributed by atoms with E-state index in [0.717, 1.165) is 0 Å². The monoisotopic (exact) mass is 187 g/mol. The van der Waals surface area contributed by atoms with Crippen molar-refractivity contribution in [3.8, 4) is 6.01 Å². The van der Waals surface area contributed by atoms with Crippen molar-refractivity contribution in [3.63, 3.8) is 0 Å². The molecule has 0 N–H and O–H groups in total. The molecule has 1 aromatic rings. The van der Waals surface area contributed by atoms with Gasteiger partial charge < -0.3 is 5.11 Å². The Kier molecular flexibility index (Phi) is 4.47. The van der Waals surface area contributed by atoms with Crippen LogP contribution in [0.25, 0.3) is 0 Å². The third-order valence-corrected chi connectivity index (χ3v) is 0.898. The zero-order valence-corrected chi connectivity index (χ0v) is 8.52. The largest absolute Gasteiger partial charge is 1.00 e. The fourth-order valence-corrected chi connectivity index (χ4v) is 0.657. The number of nitrogens with zero attached hydrogens (tertiary/aromatic N) is 3. The Balaban J connectivity index is 0.000000810. The van der Waals surface area contributed by atoms with Crippen molar-refractivity contribution >= 4 is 23.2 Å². The molecule has 7 heteroatoms. The minimum atomic E-state index is -0.722. The van der Waals surface area contributed by atoms with Gasteiger partial charge in [0.25, 0.3) is 0 Å². The minimum absolute atomic E-state index is 0. The molecule has 48 valence electrons. The Labute approximate surface area is 88.9 Å². The van der Waals surface area contributed by atoms with E-state index in [0.29, 0.717) is 0 Å². The standard InChI is InChI=1S/C3HCl2N3O.Na/c4-1-6-2(5)8-3(9)7-1;/h(H,6,7,8,9);/q;+1/p-1. The van der Waals surface area contributed by atoms with Crippen LogP contribution in [0.4, 0.5) is 0 Å². The van der Waals surface area contributed by atoms with Crippen molar-refractivity contribution in [3.05, 3.63) is 10.6 Å². The van der Waals surface area contributed by atoms with Crippen LogP contribution in [0.1, 0.15) is 0 Å². The molecule has 0 radical (unpaired) electrons. The number of hydrogen-bond donors (Lipinski definition) is 0. The first-order valence-electron chi connectivity index (χ1n) is 1.92. The van der Waals surface area contributed by atoms with Crippen LogP contribution in [0.5, 0.6) is 6.01 Å². The molecule has 4 nitrogen and oxygen atoms in total. The summed E-state index contributed by atoms with van der Waals surface area (Å²) in [6.45, 7) is 0. The molecule has 0 saturated heterocycles. The van der Waals surface area contributed by atoms with Gasteiger partial charge >= 0.3 is 29.6 Å². The molecule has 0 aliphatic carbocycles. The van der Waals surface area contributed by atoms with E-state index in [1.807, 2.05) is 0 Å². The molecule has 10 heavy (non-hydrogen) atoms. The summed E-state index contributed by atoms with van der Waals surface area (Å²) in [5.74, 6) is 0. The summed E-state index contributed by atoms with van der Waals surface area (Å²) in [4.78, 5) is 9.62. The molecule has 0 bridgehead atoms. The normalized spacial score (nSPS) is 8.60. The van der Waals surface area contributed by atoms with Crippen molar-refractivity contribution in [2.45, 2.75) is 0 Å². The first kappa shape index (κ1) is 10.4. The van der Waals surface area contributed by atoms with Gasteiger partial charge in [0.2, 0.25) is 10.6 Å². The average molecular weight is 188 g/mol. The van der Waals surface area contributed by atoms with Gasteiger partial charge in [-0.3, -0.25) is 0 Å². The molecule has 0 fully saturated rings. The zero-order chi connectivity index (χ0) is 6.85. The number of rotatable bonds is 0. The average Bonchev–Trinajstić information content (AvgIpc) is 1.59. The Morgan fingerprint density at radius 1 is 1.00 bits per heavy atom. The summed E-state index contributed by atoms with van der Waals surface area (Å²) in [6.07, 6.45) is 0. The fourth-order valence-electron chi connectivity index (χ4n) is 0.309. The molecule has 0 saturated carbocycles. The molecular formula is C3Cl2N3NaO. The molecule has 0 atom stereocenters. The van der Waals surface area contributed by atoms with Crippen molar-refractivity contribution in [2.24, 2.45) is 0 Å². The maximum absolute atomic E-state index is 10.3.